The topological polar surface area (TPSA) is 40.6 Å². The highest BCUT2D eigenvalue weighted by Gasteiger charge is 2.29. The highest BCUT2D eigenvalue weighted by molar-refractivity contribution is 7.89. The third-order valence-corrected chi connectivity index (χ3v) is 7.04. The maximum atomic E-state index is 12.9. The predicted octanol–water partition coefficient (Wildman–Crippen LogP) is 3.63. The van der Waals surface area contributed by atoms with Gasteiger partial charge in [0.1, 0.15) is 0 Å². The number of anilines is 1. The summed E-state index contributed by atoms with van der Waals surface area (Å²) >= 11 is 0. The standard InChI is InChI=1S/C21H28N2O2S/c1-4-18-9-7-10-19(5-2)21(18)22-12-14-23(15-13-22)26(24,25)20-11-6-8-17(3)16-20/h6-11,16H,4-5,12-15H2,1-3H3. The summed E-state index contributed by atoms with van der Waals surface area (Å²) in [5.74, 6) is 0. The summed E-state index contributed by atoms with van der Waals surface area (Å²) in [6, 6.07) is 13.7. The van der Waals surface area contributed by atoms with Crippen LogP contribution in [0.4, 0.5) is 5.69 Å². The molecule has 2 aromatic carbocycles. The average molecular weight is 373 g/mol. The molecule has 1 aliphatic rings. The van der Waals surface area contributed by atoms with Crippen LogP contribution in [-0.4, -0.2) is 38.9 Å². The van der Waals surface area contributed by atoms with Gasteiger partial charge in [0.05, 0.1) is 4.90 Å². The van der Waals surface area contributed by atoms with E-state index in [1.54, 1.807) is 16.4 Å². The summed E-state index contributed by atoms with van der Waals surface area (Å²) < 4.78 is 27.5. The molecule has 0 spiro atoms. The Bertz CT molecular complexity index is 847. The molecule has 0 saturated carbocycles. The third kappa shape index (κ3) is 3.64. The molecule has 5 heteroatoms. The smallest absolute Gasteiger partial charge is 0.243 e. The molecule has 1 fully saturated rings. The van der Waals surface area contributed by atoms with Crippen molar-refractivity contribution in [3.63, 3.8) is 0 Å². The van der Waals surface area contributed by atoms with Gasteiger partial charge in [0.25, 0.3) is 0 Å². The van der Waals surface area contributed by atoms with Gasteiger partial charge in [-0.15, -0.1) is 0 Å². The van der Waals surface area contributed by atoms with Crippen LogP contribution in [0.15, 0.2) is 47.4 Å². The van der Waals surface area contributed by atoms with Crippen molar-refractivity contribution in [1.82, 2.24) is 4.31 Å². The van der Waals surface area contributed by atoms with Crippen molar-refractivity contribution in [2.24, 2.45) is 0 Å². The van der Waals surface area contributed by atoms with Gasteiger partial charge in [0, 0.05) is 31.9 Å². The molecule has 0 N–H and O–H groups in total. The second-order valence-corrected chi connectivity index (χ2v) is 8.78. The van der Waals surface area contributed by atoms with Gasteiger partial charge in [-0.25, -0.2) is 8.42 Å². The van der Waals surface area contributed by atoms with Crippen LogP contribution < -0.4 is 4.90 Å². The molecular weight excluding hydrogens is 344 g/mol. The summed E-state index contributed by atoms with van der Waals surface area (Å²) in [6.45, 7) is 8.79. The lowest BCUT2D eigenvalue weighted by molar-refractivity contribution is 0.384. The van der Waals surface area contributed by atoms with Crippen LogP contribution in [0.5, 0.6) is 0 Å². The van der Waals surface area contributed by atoms with E-state index < -0.39 is 10.0 Å². The fraction of sp³-hybridized carbons (Fsp3) is 0.429. The Morgan fingerprint density at radius 2 is 1.46 bits per heavy atom. The van der Waals surface area contributed by atoms with Gasteiger partial charge in [-0.3, -0.25) is 0 Å². The van der Waals surface area contributed by atoms with E-state index in [1.807, 2.05) is 19.1 Å². The van der Waals surface area contributed by atoms with Crippen molar-refractivity contribution in [2.45, 2.75) is 38.5 Å². The molecule has 1 aliphatic heterocycles. The quantitative estimate of drug-likeness (QED) is 0.805. The number of rotatable bonds is 5. The molecule has 0 unspecified atom stereocenters. The number of hydrogen-bond acceptors (Lipinski definition) is 3. The van der Waals surface area contributed by atoms with E-state index in [4.69, 9.17) is 0 Å². The van der Waals surface area contributed by atoms with Crippen molar-refractivity contribution < 1.29 is 8.42 Å². The highest BCUT2D eigenvalue weighted by atomic mass is 32.2. The van der Waals surface area contributed by atoms with E-state index in [9.17, 15) is 8.42 Å². The van der Waals surface area contributed by atoms with Gasteiger partial charge < -0.3 is 4.90 Å². The lowest BCUT2D eigenvalue weighted by Gasteiger charge is -2.37. The van der Waals surface area contributed by atoms with Crippen LogP contribution in [0.25, 0.3) is 0 Å². The number of benzene rings is 2. The van der Waals surface area contributed by atoms with E-state index >= 15 is 0 Å². The van der Waals surface area contributed by atoms with Gasteiger partial charge in [-0.05, 0) is 48.6 Å². The molecule has 0 aromatic heterocycles. The van der Waals surface area contributed by atoms with Crippen molar-refractivity contribution in [2.75, 3.05) is 31.1 Å². The van der Waals surface area contributed by atoms with Crippen molar-refractivity contribution in [3.8, 4) is 0 Å². The zero-order valence-corrected chi connectivity index (χ0v) is 16.7. The minimum atomic E-state index is -3.41. The average Bonchev–Trinajstić information content (AvgIpc) is 2.67. The Kier molecular flexibility index (Phi) is 5.68. The molecule has 26 heavy (non-hydrogen) atoms. The number of nitrogens with zero attached hydrogens (tertiary/aromatic N) is 2. The molecule has 0 amide bonds. The molecule has 3 rings (SSSR count). The third-order valence-electron chi connectivity index (χ3n) is 5.15. The summed E-state index contributed by atoms with van der Waals surface area (Å²) in [4.78, 5) is 2.76. The van der Waals surface area contributed by atoms with E-state index in [0.717, 1.165) is 31.5 Å². The molecule has 1 heterocycles. The minimum absolute atomic E-state index is 0.397. The maximum absolute atomic E-state index is 12.9. The Morgan fingerprint density at radius 1 is 0.885 bits per heavy atom. The SMILES string of the molecule is CCc1cccc(CC)c1N1CCN(S(=O)(=O)c2cccc(C)c2)CC1. The fourth-order valence-corrected chi connectivity index (χ4v) is 5.23. The van der Waals surface area contributed by atoms with Gasteiger partial charge in [-0.1, -0.05) is 44.2 Å². The Morgan fingerprint density at radius 3 is 2.00 bits per heavy atom. The zero-order valence-electron chi connectivity index (χ0n) is 15.9. The molecular formula is C21H28N2O2S. The number of aryl methyl sites for hydroxylation is 3. The molecule has 0 radical (unpaired) electrons. The molecule has 1 saturated heterocycles. The minimum Gasteiger partial charge on any atom is -0.368 e. The lowest BCUT2D eigenvalue weighted by Crippen LogP contribution is -2.49. The molecule has 140 valence electrons. The van der Waals surface area contributed by atoms with E-state index in [-0.39, 0.29) is 0 Å². The van der Waals surface area contributed by atoms with Gasteiger partial charge in [0.2, 0.25) is 10.0 Å². The fourth-order valence-electron chi connectivity index (χ4n) is 3.70. The monoisotopic (exact) mass is 372 g/mol. The van der Waals surface area contributed by atoms with Crippen molar-refractivity contribution in [1.29, 1.82) is 0 Å². The lowest BCUT2D eigenvalue weighted by atomic mass is 10.0. The summed E-state index contributed by atoms with van der Waals surface area (Å²) in [5, 5.41) is 0. The van der Waals surface area contributed by atoms with Crippen LogP contribution in [0, 0.1) is 6.92 Å². The first-order chi connectivity index (χ1) is 12.5. The van der Waals surface area contributed by atoms with Crippen LogP contribution >= 0.6 is 0 Å². The van der Waals surface area contributed by atoms with Gasteiger partial charge in [-0.2, -0.15) is 4.31 Å². The summed E-state index contributed by atoms with van der Waals surface area (Å²) in [5.41, 5.74) is 4.97. The Balaban J connectivity index is 1.80. The normalized spacial score (nSPS) is 16.0. The van der Waals surface area contributed by atoms with Crippen LogP contribution in [0.3, 0.4) is 0 Å². The number of para-hydroxylation sites is 1. The first-order valence-electron chi connectivity index (χ1n) is 9.40. The molecule has 4 nitrogen and oxygen atoms in total. The Hall–Kier alpha value is -1.85. The van der Waals surface area contributed by atoms with Crippen LogP contribution in [-0.2, 0) is 22.9 Å². The summed E-state index contributed by atoms with van der Waals surface area (Å²) in [6.07, 6.45) is 1.98. The van der Waals surface area contributed by atoms with E-state index in [2.05, 4.69) is 36.9 Å². The van der Waals surface area contributed by atoms with Crippen molar-refractivity contribution in [3.05, 3.63) is 59.2 Å². The molecule has 0 aliphatic carbocycles. The van der Waals surface area contributed by atoms with E-state index in [1.165, 1.54) is 16.8 Å². The first-order valence-corrected chi connectivity index (χ1v) is 10.8. The van der Waals surface area contributed by atoms with E-state index in [0.29, 0.717) is 18.0 Å². The number of hydrogen-bond donors (Lipinski definition) is 0. The summed E-state index contributed by atoms with van der Waals surface area (Å²) in [7, 11) is -3.41. The predicted molar refractivity (Wildman–Crippen MR) is 107 cm³/mol. The van der Waals surface area contributed by atoms with Crippen LogP contribution in [0.2, 0.25) is 0 Å². The second-order valence-electron chi connectivity index (χ2n) is 6.84. The number of piperazine rings is 1. The zero-order chi connectivity index (χ0) is 18.7. The molecule has 2 aromatic rings. The van der Waals surface area contributed by atoms with Gasteiger partial charge >= 0.3 is 0 Å². The molecule has 0 atom stereocenters. The number of sulfonamides is 1. The molecule has 0 bridgehead atoms. The van der Waals surface area contributed by atoms with Crippen LogP contribution in [0.1, 0.15) is 30.5 Å². The Labute approximate surface area is 157 Å². The highest BCUT2D eigenvalue weighted by Crippen LogP contribution is 2.29. The van der Waals surface area contributed by atoms with Crippen molar-refractivity contribution >= 4 is 15.7 Å². The first kappa shape index (κ1) is 18.9. The largest absolute Gasteiger partial charge is 0.368 e. The maximum Gasteiger partial charge on any atom is 0.243 e. The van der Waals surface area contributed by atoms with Gasteiger partial charge in [0.15, 0.2) is 0 Å². The second kappa shape index (κ2) is 7.80.